The van der Waals surface area contributed by atoms with E-state index in [4.69, 9.17) is 4.74 Å². The molecule has 0 atom stereocenters. The molecule has 16 heavy (non-hydrogen) atoms. The summed E-state index contributed by atoms with van der Waals surface area (Å²) >= 11 is 1.70. The molecule has 1 aromatic rings. The van der Waals surface area contributed by atoms with Crippen molar-refractivity contribution in [1.29, 1.82) is 0 Å². The van der Waals surface area contributed by atoms with Gasteiger partial charge in [0, 0.05) is 24.7 Å². The number of hydrogen-bond donors (Lipinski definition) is 0. The lowest BCUT2D eigenvalue weighted by Crippen LogP contribution is -1.89. The molecule has 0 spiro atoms. The number of rotatable bonds is 4. The standard InChI is InChI=1S/C10H12O2S.C2H6O/c1-3-13-10-5-4-8(7-11)6-9(10)12-2;1-3-2/h4-7H,3H2,1-2H3;1-2H3. The summed E-state index contributed by atoms with van der Waals surface area (Å²) in [4.78, 5) is 11.6. The maximum absolute atomic E-state index is 10.5. The Kier molecular flexibility index (Phi) is 8.66. The second-order valence-corrected chi connectivity index (χ2v) is 4.18. The second-order valence-electron chi connectivity index (χ2n) is 2.87. The molecule has 0 unspecified atom stereocenters. The lowest BCUT2D eigenvalue weighted by Gasteiger charge is -2.06. The maximum atomic E-state index is 10.5. The molecule has 0 fully saturated rings. The molecule has 0 amide bonds. The molecule has 0 N–H and O–H groups in total. The monoisotopic (exact) mass is 242 g/mol. The van der Waals surface area contributed by atoms with Crippen molar-refractivity contribution < 1.29 is 14.3 Å². The van der Waals surface area contributed by atoms with Crippen LogP contribution in [0.4, 0.5) is 0 Å². The Hall–Kier alpha value is -1.00. The van der Waals surface area contributed by atoms with E-state index >= 15 is 0 Å². The predicted molar refractivity (Wildman–Crippen MR) is 67.7 cm³/mol. The highest BCUT2D eigenvalue weighted by Crippen LogP contribution is 2.29. The molecular formula is C12H18O3S. The van der Waals surface area contributed by atoms with Crippen LogP contribution in [0.15, 0.2) is 23.1 Å². The highest BCUT2D eigenvalue weighted by atomic mass is 32.2. The quantitative estimate of drug-likeness (QED) is 0.601. The van der Waals surface area contributed by atoms with E-state index in [1.165, 1.54) is 0 Å². The minimum Gasteiger partial charge on any atom is -0.496 e. The molecule has 0 heterocycles. The van der Waals surface area contributed by atoms with Gasteiger partial charge in [0.2, 0.25) is 0 Å². The van der Waals surface area contributed by atoms with Crippen molar-refractivity contribution >= 4 is 18.0 Å². The lowest BCUT2D eigenvalue weighted by atomic mass is 10.2. The van der Waals surface area contributed by atoms with Crippen LogP contribution in [-0.4, -0.2) is 33.4 Å². The summed E-state index contributed by atoms with van der Waals surface area (Å²) in [6, 6.07) is 5.47. The van der Waals surface area contributed by atoms with Gasteiger partial charge in [-0.25, -0.2) is 0 Å². The van der Waals surface area contributed by atoms with Crippen molar-refractivity contribution in [2.45, 2.75) is 11.8 Å². The van der Waals surface area contributed by atoms with Gasteiger partial charge in [0.25, 0.3) is 0 Å². The van der Waals surface area contributed by atoms with Gasteiger partial charge in [-0.1, -0.05) is 13.0 Å². The zero-order valence-corrected chi connectivity index (χ0v) is 11.0. The van der Waals surface area contributed by atoms with Crippen LogP contribution in [0.25, 0.3) is 0 Å². The first-order valence-electron chi connectivity index (χ1n) is 4.89. The Labute approximate surface area is 101 Å². The summed E-state index contributed by atoms with van der Waals surface area (Å²) in [7, 11) is 4.86. The minimum atomic E-state index is 0.650. The third-order valence-electron chi connectivity index (χ3n) is 1.62. The van der Waals surface area contributed by atoms with E-state index in [0.717, 1.165) is 22.7 Å². The topological polar surface area (TPSA) is 35.5 Å². The van der Waals surface area contributed by atoms with Crippen LogP contribution < -0.4 is 4.74 Å². The largest absolute Gasteiger partial charge is 0.496 e. The first-order chi connectivity index (χ1) is 7.73. The lowest BCUT2D eigenvalue weighted by molar-refractivity contribution is 0.112. The van der Waals surface area contributed by atoms with E-state index in [9.17, 15) is 4.79 Å². The summed E-state index contributed by atoms with van der Waals surface area (Å²) in [5.41, 5.74) is 0.650. The number of carbonyl (C=O) groups excluding carboxylic acids is 1. The molecule has 0 aliphatic carbocycles. The van der Waals surface area contributed by atoms with Gasteiger partial charge < -0.3 is 9.47 Å². The molecule has 1 rings (SSSR count). The minimum absolute atomic E-state index is 0.650. The summed E-state index contributed by atoms with van der Waals surface area (Å²) in [5, 5.41) is 0. The van der Waals surface area contributed by atoms with Gasteiger partial charge in [-0.3, -0.25) is 4.79 Å². The van der Waals surface area contributed by atoms with Crippen molar-refractivity contribution in [2.24, 2.45) is 0 Å². The van der Waals surface area contributed by atoms with E-state index in [2.05, 4.69) is 11.7 Å². The average Bonchev–Trinajstić information content (AvgIpc) is 2.31. The number of hydrogen-bond acceptors (Lipinski definition) is 4. The fraction of sp³-hybridized carbons (Fsp3) is 0.417. The normalized spacial score (nSPS) is 9.00. The van der Waals surface area contributed by atoms with Crippen LogP contribution in [0.3, 0.4) is 0 Å². The predicted octanol–water partition coefficient (Wildman–Crippen LogP) is 2.88. The van der Waals surface area contributed by atoms with Crippen LogP contribution in [-0.2, 0) is 4.74 Å². The van der Waals surface area contributed by atoms with E-state index < -0.39 is 0 Å². The molecule has 0 bridgehead atoms. The first-order valence-corrected chi connectivity index (χ1v) is 5.88. The van der Waals surface area contributed by atoms with Gasteiger partial charge in [0.05, 0.1) is 7.11 Å². The van der Waals surface area contributed by atoms with Gasteiger partial charge >= 0.3 is 0 Å². The molecule has 90 valence electrons. The van der Waals surface area contributed by atoms with Gasteiger partial charge in [-0.2, -0.15) is 0 Å². The highest BCUT2D eigenvalue weighted by Gasteiger charge is 2.03. The van der Waals surface area contributed by atoms with E-state index in [1.54, 1.807) is 45.2 Å². The average molecular weight is 242 g/mol. The number of ether oxygens (including phenoxy) is 2. The fourth-order valence-corrected chi connectivity index (χ4v) is 1.79. The van der Waals surface area contributed by atoms with Gasteiger partial charge in [-0.05, 0) is 17.9 Å². The smallest absolute Gasteiger partial charge is 0.150 e. The van der Waals surface area contributed by atoms with Crippen molar-refractivity contribution in [2.75, 3.05) is 27.1 Å². The van der Waals surface area contributed by atoms with Crippen LogP contribution in [0, 0.1) is 0 Å². The SMILES string of the molecule is CCSc1ccc(C=O)cc1OC.COC. The molecule has 1 aromatic carbocycles. The van der Waals surface area contributed by atoms with Gasteiger partial charge in [-0.15, -0.1) is 11.8 Å². The van der Waals surface area contributed by atoms with E-state index in [-0.39, 0.29) is 0 Å². The molecule has 0 saturated heterocycles. The van der Waals surface area contributed by atoms with Crippen molar-refractivity contribution in [3.8, 4) is 5.75 Å². The fourth-order valence-electron chi connectivity index (χ4n) is 1.03. The molecule has 0 aliphatic rings. The molecule has 0 aromatic heterocycles. The Balaban J connectivity index is 0.000000673. The summed E-state index contributed by atoms with van der Waals surface area (Å²) in [5.74, 6) is 1.77. The Bertz CT molecular complexity index is 313. The number of carbonyl (C=O) groups is 1. The molecule has 0 aliphatic heterocycles. The van der Waals surface area contributed by atoms with E-state index in [0.29, 0.717) is 5.56 Å². The van der Waals surface area contributed by atoms with Crippen molar-refractivity contribution in [1.82, 2.24) is 0 Å². The van der Waals surface area contributed by atoms with E-state index in [1.807, 2.05) is 6.07 Å². The zero-order chi connectivity index (χ0) is 12.4. The van der Waals surface area contributed by atoms with Gasteiger partial charge in [0.15, 0.2) is 0 Å². The molecule has 0 radical (unpaired) electrons. The summed E-state index contributed by atoms with van der Waals surface area (Å²) in [6.07, 6.45) is 0.822. The van der Waals surface area contributed by atoms with Crippen LogP contribution in [0.1, 0.15) is 17.3 Å². The second kappa shape index (κ2) is 9.24. The Morgan fingerprint density at radius 2 is 1.94 bits per heavy atom. The first kappa shape index (κ1) is 15.0. The number of thioether (sulfide) groups is 1. The van der Waals surface area contributed by atoms with Crippen LogP contribution in [0.5, 0.6) is 5.75 Å². The molecular weight excluding hydrogens is 224 g/mol. The summed E-state index contributed by atoms with van der Waals surface area (Å²) < 4.78 is 9.41. The Morgan fingerprint density at radius 3 is 2.38 bits per heavy atom. The van der Waals surface area contributed by atoms with Gasteiger partial charge in [0.1, 0.15) is 12.0 Å². The molecule has 0 saturated carbocycles. The van der Waals surface area contributed by atoms with Crippen LogP contribution >= 0.6 is 11.8 Å². The molecule has 3 nitrogen and oxygen atoms in total. The number of benzene rings is 1. The maximum Gasteiger partial charge on any atom is 0.150 e. The third kappa shape index (κ3) is 5.19. The highest BCUT2D eigenvalue weighted by molar-refractivity contribution is 7.99. The summed E-state index contributed by atoms with van der Waals surface area (Å²) in [6.45, 7) is 2.08. The van der Waals surface area contributed by atoms with Crippen molar-refractivity contribution in [3.05, 3.63) is 23.8 Å². The number of methoxy groups -OCH3 is 2. The van der Waals surface area contributed by atoms with Crippen LogP contribution in [0.2, 0.25) is 0 Å². The Morgan fingerprint density at radius 1 is 1.31 bits per heavy atom. The van der Waals surface area contributed by atoms with Crippen molar-refractivity contribution in [3.63, 3.8) is 0 Å². The third-order valence-corrected chi connectivity index (χ3v) is 2.56. The zero-order valence-electron chi connectivity index (χ0n) is 10.1. The number of aldehydes is 1. The molecule has 4 heteroatoms.